The molecule has 8 heteroatoms. The Balaban J connectivity index is 1.89. The molecule has 0 spiro atoms. The summed E-state index contributed by atoms with van der Waals surface area (Å²) in [6.45, 7) is 2.88. The summed E-state index contributed by atoms with van der Waals surface area (Å²) in [6.07, 6.45) is 1.10. The third-order valence-corrected chi connectivity index (χ3v) is 5.62. The molecule has 1 fully saturated rings. The van der Waals surface area contributed by atoms with Crippen molar-refractivity contribution in [1.82, 2.24) is 9.62 Å². The van der Waals surface area contributed by atoms with E-state index in [1.54, 1.807) is 4.90 Å². The van der Waals surface area contributed by atoms with Crippen molar-refractivity contribution in [2.45, 2.75) is 24.7 Å². The van der Waals surface area contributed by atoms with Gasteiger partial charge in [-0.05, 0) is 37.8 Å². The first-order valence-electron chi connectivity index (χ1n) is 7.77. The Hall–Kier alpha value is -1.93. The molecule has 1 amide bonds. The number of nitrogens with zero attached hydrogens (tertiary/aromatic N) is 1. The summed E-state index contributed by atoms with van der Waals surface area (Å²) in [7, 11) is -2.26. The van der Waals surface area contributed by atoms with Crippen LogP contribution in [-0.2, 0) is 14.8 Å². The predicted molar refractivity (Wildman–Crippen MR) is 88.3 cm³/mol. The van der Waals surface area contributed by atoms with Crippen LogP contribution in [-0.4, -0.2) is 51.9 Å². The van der Waals surface area contributed by atoms with E-state index in [4.69, 9.17) is 0 Å². The lowest BCUT2D eigenvalue weighted by atomic mass is 9.97. The maximum absolute atomic E-state index is 12.3. The molecule has 1 aromatic carbocycles. The van der Waals surface area contributed by atoms with Crippen molar-refractivity contribution in [2.75, 3.05) is 26.7 Å². The molecule has 132 valence electrons. The van der Waals surface area contributed by atoms with Crippen molar-refractivity contribution in [3.05, 3.63) is 29.8 Å². The maximum atomic E-state index is 12.3. The third-order valence-electron chi connectivity index (χ3n) is 4.18. The summed E-state index contributed by atoms with van der Waals surface area (Å²) in [5, 5.41) is 0. The molecular weight excluding hydrogens is 332 g/mol. The number of hydrogen-bond acceptors (Lipinski definition) is 5. The summed E-state index contributed by atoms with van der Waals surface area (Å²) in [5.74, 6) is 0.0708. The number of carbonyl (C=O) groups is 2. The summed E-state index contributed by atoms with van der Waals surface area (Å²) in [5.41, 5.74) is 0.476. The zero-order chi connectivity index (χ0) is 17.7. The highest BCUT2D eigenvalue weighted by molar-refractivity contribution is 7.89. The lowest BCUT2D eigenvalue weighted by molar-refractivity contribution is 0.101. The van der Waals surface area contributed by atoms with Gasteiger partial charge < -0.3 is 9.64 Å². The number of nitrogens with one attached hydrogen (secondary N) is 1. The number of ether oxygens (including phenoxy) is 1. The Labute approximate surface area is 142 Å². The number of benzene rings is 1. The molecule has 0 atom stereocenters. The largest absolute Gasteiger partial charge is 0.453 e. The van der Waals surface area contributed by atoms with Gasteiger partial charge in [-0.1, -0.05) is 12.1 Å². The number of carbonyl (C=O) groups excluding carboxylic acids is 2. The van der Waals surface area contributed by atoms with Gasteiger partial charge in [-0.3, -0.25) is 4.79 Å². The van der Waals surface area contributed by atoms with Gasteiger partial charge in [-0.25, -0.2) is 17.9 Å². The first kappa shape index (κ1) is 18.4. The van der Waals surface area contributed by atoms with Gasteiger partial charge in [-0.2, -0.15) is 0 Å². The highest BCUT2D eigenvalue weighted by atomic mass is 32.2. The summed E-state index contributed by atoms with van der Waals surface area (Å²) in [4.78, 5) is 24.4. The molecule has 7 nitrogen and oxygen atoms in total. The number of rotatable bonds is 5. The zero-order valence-corrected chi connectivity index (χ0v) is 14.6. The van der Waals surface area contributed by atoms with Gasteiger partial charge in [0.2, 0.25) is 10.0 Å². The highest BCUT2D eigenvalue weighted by Gasteiger charge is 2.24. The number of amides is 1. The molecular formula is C16H22N2O5S. The minimum absolute atomic E-state index is 0.107. The molecule has 1 aliphatic heterocycles. The monoisotopic (exact) mass is 354 g/mol. The fourth-order valence-corrected chi connectivity index (χ4v) is 3.74. The lowest BCUT2D eigenvalue weighted by Gasteiger charge is -2.30. The number of ketones is 1. The third kappa shape index (κ3) is 4.55. The van der Waals surface area contributed by atoms with Crippen LogP contribution in [0, 0.1) is 5.92 Å². The molecule has 1 aliphatic rings. The van der Waals surface area contributed by atoms with E-state index in [1.165, 1.54) is 38.3 Å². The Morgan fingerprint density at radius 2 is 1.79 bits per heavy atom. The van der Waals surface area contributed by atoms with E-state index in [-0.39, 0.29) is 22.7 Å². The summed E-state index contributed by atoms with van der Waals surface area (Å²) < 4.78 is 31.9. The zero-order valence-electron chi connectivity index (χ0n) is 13.8. The van der Waals surface area contributed by atoms with E-state index in [0.717, 1.165) is 12.8 Å². The van der Waals surface area contributed by atoms with E-state index in [1.807, 2.05) is 0 Å². The van der Waals surface area contributed by atoms with Gasteiger partial charge in [-0.15, -0.1) is 0 Å². The smallest absolute Gasteiger partial charge is 0.409 e. The lowest BCUT2D eigenvalue weighted by Crippen LogP contribution is -2.41. The van der Waals surface area contributed by atoms with Crippen LogP contribution in [0.25, 0.3) is 0 Å². The fourth-order valence-electron chi connectivity index (χ4n) is 2.63. The Morgan fingerprint density at radius 3 is 2.29 bits per heavy atom. The molecule has 24 heavy (non-hydrogen) atoms. The first-order valence-corrected chi connectivity index (χ1v) is 9.25. The second-order valence-corrected chi connectivity index (χ2v) is 7.60. The average Bonchev–Trinajstić information content (AvgIpc) is 2.60. The van der Waals surface area contributed by atoms with Gasteiger partial charge >= 0.3 is 6.09 Å². The van der Waals surface area contributed by atoms with Crippen molar-refractivity contribution >= 4 is 21.9 Å². The van der Waals surface area contributed by atoms with Crippen LogP contribution in [0.15, 0.2) is 29.2 Å². The van der Waals surface area contributed by atoms with Crippen LogP contribution >= 0.6 is 0 Å². The second kappa shape index (κ2) is 7.76. The Bertz CT molecular complexity index is 692. The van der Waals surface area contributed by atoms with Crippen molar-refractivity contribution in [2.24, 2.45) is 5.92 Å². The minimum atomic E-state index is -3.60. The highest BCUT2D eigenvalue weighted by Crippen LogP contribution is 2.18. The van der Waals surface area contributed by atoms with Crippen molar-refractivity contribution in [1.29, 1.82) is 0 Å². The molecule has 0 unspecified atom stereocenters. The molecule has 0 aliphatic carbocycles. The van der Waals surface area contributed by atoms with Crippen molar-refractivity contribution < 1.29 is 22.7 Å². The minimum Gasteiger partial charge on any atom is -0.453 e. The second-order valence-electron chi connectivity index (χ2n) is 5.83. The van der Waals surface area contributed by atoms with Crippen LogP contribution in [0.1, 0.15) is 30.1 Å². The molecule has 2 rings (SSSR count). The normalized spacial score (nSPS) is 16.0. The topological polar surface area (TPSA) is 92.8 Å². The Morgan fingerprint density at radius 1 is 1.21 bits per heavy atom. The van der Waals surface area contributed by atoms with Crippen LogP contribution in [0.4, 0.5) is 4.79 Å². The number of methoxy groups -OCH3 is 1. The van der Waals surface area contributed by atoms with Crippen molar-refractivity contribution in [3.63, 3.8) is 0 Å². The van der Waals surface area contributed by atoms with Crippen LogP contribution in [0.3, 0.4) is 0 Å². The van der Waals surface area contributed by atoms with Gasteiger partial charge in [0, 0.05) is 25.2 Å². The quantitative estimate of drug-likeness (QED) is 0.812. The molecule has 0 radical (unpaired) electrons. The van der Waals surface area contributed by atoms with E-state index in [9.17, 15) is 18.0 Å². The van der Waals surface area contributed by atoms with Crippen LogP contribution < -0.4 is 4.72 Å². The molecule has 1 N–H and O–H groups in total. The number of hydrogen-bond donors (Lipinski definition) is 1. The maximum Gasteiger partial charge on any atom is 0.409 e. The van der Waals surface area contributed by atoms with E-state index < -0.39 is 10.0 Å². The molecule has 1 saturated heterocycles. The van der Waals surface area contributed by atoms with E-state index in [2.05, 4.69) is 9.46 Å². The molecule has 1 heterocycles. The first-order chi connectivity index (χ1) is 11.3. The van der Waals surface area contributed by atoms with E-state index in [0.29, 0.717) is 25.2 Å². The molecule has 0 aromatic heterocycles. The summed E-state index contributed by atoms with van der Waals surface area (Å²) in [6, 6.07) is 5.87. The van der Waals surface area contributed by atoms with Gasteiger partial charge in [0.15, 0.2) is 5.78 Å². The molecule has 0 saturated carbocycles. The average molecular weight is 354 g/mol. The van der Waals surface area contributed by atoms with Crippen LogP contribution in [0.2, 0.25) is 0 Å². The SMILES string of the molecule is COC(=O)N1CCC(CNS(=O)(=O)c2ccc(C(C)=O)cc2)CC1. The molecule has 0 bridgehead atoms. The number of piperidine rings is 1. The number of Topliss-reactive ketones (excluding diaryl/α,β-unsaturated/α-hetero) is 1. The van der Waals surface area contributed by atoms with Crippen LogP contribution in [0.5, 0.6) is 0 Å². The van der Waals surface area contributed by atoms with Crippen molar-refractivity contribution in [3.8, 4) is 0 Å². The summed E-state index contributed by atoms with van der Waals surface area (Å²) >= 11 is 0. The number of likely N-dealkylation sites (tertiary alicyclic amines) is 1. The predicted octanol–water partition coefficient (Wildman–Crippen LogP) is 1.65. The molecule has 1 aromatic rings. The number of sulfonamides is 1. The van der Waals surface area contributed by atoms with Gasteiger partial charge in [0.05, 0.1) is 12.0 Å². The Kier molecular flexibility index (Phi) is 5.95. The van der Waals surface area contributed by atoms with E-state index >= 15 is 0 Å². The van der Waals surface area contributed by atoms with Gasteiger partial charge in [0.25, 0.3) is 0 Å². The van der Waals surface area contributed by atoms with Gasteiger partial charge in [0.1, 0.15) is 0 Å². The fraction of sp³-hybridized carbons (Fsp3) is 0.500. The standard InChI is InChI=1S/C16H22N2O5S/c1-12(19)14-3-5-15(6-4-14)24(21,22)17-11-13-7-9-18(10-8-13)16(20)23-2/h3-6,13,17H,7-11H2,1-2H3.